The van der Waals surface area contributed by atoms with E-state index in [1.54, 1.807) is 0 Å². The summed E-state index contributed by atoms with van der Waals surface area (Å²) in [6.45, 7) is 5.33. The van der Waals surface area contributed by atoms with E-state index >= 15 is 0 Å². The van der Waals surface area contributed by atoms with Crippen molar-refractivity contribution in [3.63, 3.8) is 0 Å². The number of hydrogen-bond donors (Lipinski definition) is 1. The molecule has 0 aromatic carbocycles. The lowest BCUT2D eigenvalue weighted by Gasteiger charge is -2.34. The molecule has 2 rings (SSSR count). The predicted molar refractivity (Wildman–Crippen MR) is 72.2 cm³/mol. The highest BCUT2D eigenvalue weighted by Gasteiger charge is 2.26. The Balaban J connectivity index is 1.81. The first-order chi connectivity index (χ1) is 8.40. The first-order valence-corrected chi connectivity index (χ1v) is 7.71. The third-order valence-electron chi connectivity index (χ3n) is 4.61. The number of rotatable bonds is 5. The molecule has 2 nitrogen and oxygen atoms in total. The molecule has 1 saturated heterocycles. The summed E-state index contributed by atoms with van der Waals surface area (Å²) < 4.78 is 5.49. The summed E-state index contributed by atoms with van der Waals surface area (Å²) in [7, 11) is 0. The smallest absolute Gasteiger partial charge is 0.0469 e. The molecular formula is C15H29NO. The molecule has 17 heavy (non-hydrogen) atoms. The topological polar surface area (TPSA) is 21.3 Å². The van der Waals surface area contributed by atoms with Gasteiger partial charge in [0.2, 0.25) is 0 Å². The van der Waals surface area contributed by atoms with Crippen LogP contribution in [0.3, 0.4) is 0 Å². The second-order valence-corrected chi connectivity index (χ2v) is 5.85. The Kier molecular flexibility index (Phi) is 5.79. The third kappa shape index (κ3) is 4.26. The highest BCUT2D eigenvalue weighted by molar-refractivity contribution is 4.81. The molecule has 0 aromatic heterocycles. The van der Waals surface area contributed by atoms with Crippen LogP contribution >= 0.6 is 0 Å². The van der Waals surface area contributed by atoms with Gasteiger partial charge in [0.05, 0.1) is 0 Å². The van der Waals surface area contributed by atoms with Crippen LogP contribution in [0.2, 0.25) is 0 Å². The van der Waals surface area contributed by atoms with Crippen molar-refractivity contribution in [3.05, 3.63) is 0 Å². The summed E-state index contributed by atoms with van der Waals surface area (Å²) in [6.07, 6.45) is 11.3. The van der Waals surface area contributed by atoms with E-state index in [4.69, 9.17) is 4.74 Å². The van der Waals surface area contributed by atoms with Gasteiger partial charge in [-0.2, -0.15) is 0 Å². The van der Waals surface area contributed by atoms with Gasteiger partial charge in [0.1, 0.15) is 0 Å². The lowest BCUT2D eigenvalue weighted by atomic mass is 9.80. The van der Waals surface area contributed by atoms with E-state index in [0.717, 1.165) is 37.6 Å². The molecule has 1 aliphatic heterocycles. The van der Waals surface area contributed by atoms with Crippen molar-refractivity contribution < 1.29 is 4.74 Å². The Hall–Kier alpha value is -0.0800. The molecule has 1 N–H and O–H groups in total. The van der Waals surface area contributed by atoms with Crippen molar-refractivity contribution in [3.8, 4) is 0 Å². The summed E-state index contributed by atoms with van der Waals surface area (Å²) in [5, 5.41) is 3.74. The van der Waals surface area contributed by atoms with Crippen molar-refractivity contribution in [2.45, 2.75) is 64.3 Å². The maximum absolute atomic E-state index is 5.49. The molecule has 1 unspecified atom stereocenters. The minimum atomic E-state index is 0.756. The predicted octanol–water partition coefficient (Wildman–Crippen LogP) is 3.36. The lowest BCUT2D eigenvalue weighted by molar-refractivity contribution is 0.0493. The van der Waals surface area contributed by atoms with Crippen molar-refractivity contribution >= 4 is 0 Å². The van der Waals surface area contributed by atoms with Gasteiger partial charge in [-0.25, -0.2) is 0 Å². The number of hydrogen-bond acceptors (Lipinski definition) is 2. The molecule has 0 bridgehead atoms. The molecule has 2 aliphatic rings. The average Bonchev–Trinajstić information content (AvgIpc) is 2.40. The summed E-state index contributed by atoms with van der Waals surface area (Å²) >= 11 is 0. The van der Waals surface area contributed by atoms with Gasteiger partial charge in [-0.15, -0.1) is 0 Å². The maximum Gasteiger partial charge on any atom is 0.0469 e. The molecule has 100 valence electrons. The highest BCUT2D eigenvalue weighted by Crippen LogP contribution is 2.31. The normalized spacial score (nSPS) is 25.9. The largest absolute Gasteiger partial charge is 0.381 e. The van der Waals surface area contributed by atoms with Crippen molar-refractivity contribution in [2.24, 2.45) is 11.8 Å². The Morgan fingerprint density at radius 1 is 1.06 bits per heavy atom. The molecule has 0 spiro atoms. The number of ether oxygens (including phenoxy) is 1. The molecule has 0 radical (unpaired) electrons. The SMILES string of the molecule is CCNC(CC1CCCCC1)C1CCOCC1. The zero-order valence-corrected chi connectivity index (χ0v) is 11.4. The molecule has 0 aromatic rings. The van der Waals surface area contributed by atoms with Gasteiger partial charge in [-0.1, -0.05) is 39.0 Å². The van der Waals surface area contributed by atoms with Crippen LogP contribution in [0.1, 0.15) is 58.3 Å². The molecule has 2 heteroatoms. The van der Waals surface area contributed by atoms with E-state index in [0.29, 0.717) is 0 Å². The van der Waals surface area contributed by atoms with Gasteiger partial charge >= 0.3 is 0 Å². The van der Waals surface area contributed by atoms with E-state index in [1.165, 1.54) is 51.4 Å². The van der Waals surface area contributed by atoms with Crippen molar-refractivity contribution in [1.82, 2.24) is 5.32 Å². The molecule has 1 heterocycles. The zero-order valence-electron chi connectivity index (χ0n) is 11.4. The van der Waals surface area contributed by atoms with Gasteiger partial charge in [0, 0.05) is 19.3 Å². The molecule has 1 atom stereocenters. The Labute approximate surface area is 107 Å². The highest BCUT2D eigenvalue weighted by atomic mass is 16.5. The summed E-state index contributed by atoms with van der Waals surface area (Å²) in [4.78, 5) is 0. The minimum absolute atomic E-state index is 0.756. The fourth-order valence-electron chi connectivity index (χ4n) is 3.60. The summed E-state index contributed by atoms with van der Waals surface area (Å²) in [6, 6.07) is 0.756. The van der Waals surface area contributed by atoms with Crippen LogP contribution < -0.4 is 5.32 Å². The van der Waals surface area contributed by atoms with Crippen LogP contribution in [0, 0.1) is 11.8 Å². The maximum atomic E-state index is 5.49. The fraction of sp³-hybridized carbons (Fsp3) is 1.00. The second-order valence-electron chi connectivity index (χ2n) is 5.85. The minimum Gasteiger partial charge on any atom is -0.381 e. The third-order valence-corrected chi connectivity index (χ3v) is 4.61. The van der Waals surface area contributed by atoms with Crippen LogP contribution in [0.25, 0.3) is 0 Å². The van der Waals surface area contributed by atoms with Crippen molar-refractivity contribution in [1.29, 1.82) is 0 Å². The van der Waals surface area contributed by atoms with Crippen LogP contribution in [0.4, 0.5) is 0 Å². The van der Waals surface area contributed by atoms with Gasteiger partial charge < -0.3 is 10.1 Å². The van der Waals surface area contributed by atoms with Crippen LogP contribution in [0.15, 0.2) is 0 Å². The molecule has 1 aliphatic carbocycles. The second kappa shape index (κ2) is 7.38. The number of nitrogens with one attached hydrogen (secondary N) is 1. The van der Waals surface area contributed by atoms with E-state index in [2.05, 4.69) is 12.2 Å². The summed E-state index contributed by atoms with van der Waals surface area (Å²) in [5.74, 6) is 1.86. The Morgan fingerprint density at radius 2 is 1.76 bits per heavy atom. The standard InChI is InChI=1S/C15H29NO/c1-2-16-15(14-8-10-17-11-9-14)12-13-6-4-3-5-7-13/h13-16H,2-12H2,1H3. The quantitative estimate of drug-likeness (QED) is 0.794. The van der Waals surface area contributed by atoms with Gasteiger partial charge in [0.15, 0.2) is 0 Å². The molecule has 2 fully saturated rings. The van der Waals surface area contributed by atoms with Gasteiger partial charge in [-0.3, -0.25) is 0 Å². The average molecular weight is 239 g/mol. The Bertz CT molecular complexity index is 195. The van der Waals surface area contributed by atoms with Crippen LogP contribution in [-0.4, -0.2) is 25.8 Å². The van der Waals surface area contributed by atoms with E-state index in [-0.39, 0.29) is 0 Å². The fourth-order valence-corrected chi connectivity index (χ4v) is 3.60. The summed E-state index contributed by atoms with van der Waals surface area (Å²) in [5.41, 5.74) is 0. The van der Waals surface area contributed by atoms with Gasteiger partial charge in [0.25, 0.3) is 0 Å². The first kappa shape index (κ1) is 13.4. The van der Waals surface area contributed by atoms with Crippen LogP contribution in [-0.2, 0) is 4.74 Å². The first-order valence-electron chi connectivity index (χ1n) is 7.71. The van der Waals surface area contributed by atoms with Gasteiger partial charge in [-0.05, 0) is 37.6 Å². The van der Waals surface area contributed by atoms with E-state index < -0.39 is 0 Å². The van der Waals surface area contributed by atoms with Crippen molar-refractivity contribution in [2.75, 3.05) is 19.8 Å². The lowest BCUT2D eigenvalue weighted by Crippen LogP contribution is -2.40. The zero-order chi connectivity index (χ0) is 11.9. The van der Waals surface area contributed by atoms with Crippen LogP contribution in [0.5, 0.6) is 0 Å². The van der Waals surface area contributed by atoms with E-state index in [1.807, 2.05) is 0 Å². The molecular weight excluding hydrogens is 210 g/mol. The molecule has 0 amide bonds. The Morgan fingerprint density at radius 3 is 2.41 bits per heavy atom. The monoisotopic (exact) mass is 239 g/mol. The molecule has 1 saturated carbocycles. The van der Waals surface area contributed by atoms with E-state index in [9.17, 15) is 0 Å².